The summed E-state index contributed by atoms with van der Waals surface area (Å²) in [4.78, 5) is 17.4. The predicted molar refractivity (Wildman–Crippen MR) is 87.2 cm³/mol. The molecule has 0 aromatic carbocycles. The highest BCUT2D eigenvalue weighted by Gasteiger charge is 2.42. The number of carbonyl (C=O) groups is 1. The third-order valence-corrected chi connectivity index (χ3v) is 5.91. The monoisotopic (exact) mass is 322 g/mol. The zero-order valence-electron chi connectivity index (χ0n) is 14.2. The van der Waals surface area contributed by atoms with E-state index in [4.69, 9.17) is 9.47 Å². The predicted octanol–water partition coefficient (Wildman–Crippen LogP) is 1.52. The molecular weight excluding hydrogens is 292 g/mol. The summed E-state index contributed by atoms with van der Waals surface area (Å²) < 4.78 is 11.6. The molecule has 23 heavy (non-hydrogen) atoms. The van der Waals surface area contributed by atoms with Crippen LogP contribution in [-0.2, 0) is 14.3 Å². The molecule has 1 aliphatic carbocycles. The lowest BCUT2D eigenvalue weighted by molar-refractivity contribution is -0.145. The maximum Gasteiger partial charge on any atom is 0.251 e. The summed E-state index contributed by atoms with van der Waals surface area (Å²) >= 11 is 0. The lowest BCUT2D eigenvalue weighted by Gasteiger charge is -2.44. The van der Waals surface area contributed by atoms with Gasteiger partial charge in [-0.25, -0.2) is 0 Å². The summed E-state index contributed by atoms with van der Waals surface area (Å²) in [6, 6.07) is 0. The SMILES string of the molecule is O=C([C@H]1CCCO1)N1CCC[C@]2(COCCN(CC3CC3)C2)C1. The Morgan fingerprint density at radius 2 is 2.00 bits per heavy atom. The van der Waals surface area contributed by atoms with E-state index in [2.05, 4.69) is 9.80 Å². The van der Waals surface area contributed by atoms with Crippen molar-refractivity contribution in [3.05, 3.63) is 0 Å². The van der Waals surface area contributed by atoms with Crippen LogP contribution >= 0.6 is 0 Å². The molecule has 3 saturated heterocycles. The summed E-state index contributed by atoms with van der Waals surface area (Å²) in [5.41, 5.74) is 0.137. The Bertz CT molecular complexity index is 434. The highest BCUT2D eigenvalue weighted by molar-refractivity contribution is 5.81. The number of ether oxygens (including phenoxy) is 2. The van der Waals surface area contributed by atoms with Crippen molar-refractivity contribution in [1.29, 1.82) is 0 Å². The van der Waals surface area contributed by atoms with Crippen molar-refractivity contribution in [3.8, 4) is 0 Å². The first-order valence-electron chi connectivity index (χ1n) is 9.45. The average molecular weight is 322 g/mol. The number of hydrogen-bond donors (Lipinski definition) is 0. The molecule has 0 aromatic heterocycles. The van der Waals surface area contributed by atoms with Gasteiger partial charge in [0.2, 0.25) is 0 Å². The quantitative estimate of drug-likeness (QED) is 0.790. The van der Waals surface area contributed by atoms with Crippen molar-refractivity contribution in [2.75, 3.05) is 52.5 Å². The molecule has 0 aromatic rings. The van der Waals surface area contributed by atoms with Gasteiger partial charge < -0.3 is 19.3 Å². The summed E-state index contributed by atoms with van der Waals surface area (Å²) in [6.07, 6.45) is 6.81. The first kappa shape index (κ1) is 15.9. The zero-order valence-corrected chi connectivity index (χ0v) is 14.2. The lowest BCUT2D eigenvalue weighted by Crippen LogP contribution is -2.54. The Morgan fingerprint density at radius 3 is 2.78 bits per heavy atom. The van der Waals surface area contributed by atoms with E-state index in [1.165, 1.54) is 25.8 Å². The molecule has 4 fully saturated rings. The van der Waals surface area contributed by atoms with Gasteiger partial charge in [0.25, 0.3) is 5.91 Å². The second-order valence-corrected chi connectivity index (χ2v) is 8.10. The fourth-order valence-electron chi connectivity index (χ4n) is 4.52. The third-order valence-electron chi connectivity index (χ3n) is 5.91. The first-order chi connectivity index (χ1) is 11.2. The van der Waals surface area contributed by atoms with Crippen LogP contribution in [0, 0.1) is 11.3 Å². The normalized spacial score (nSPS) is 36.3. The molecular formula is C18H30N2O3. The van der Waals surface area contributed by atoms with E-state index in [0.29, 0.717) is 0 Å². The standard InChI is InChI=1S/C18H30N2O3/c21-17(16-3-1-9-23-16)20-7-2-6-18(13-20)12-19(8-10-22-14-18)11-15-4-5-15/h15-16H,1-14H2/t16-,18-/m1/s1. The number of likely N-dealkylation sites (tertiary alicyclic amines) is 1. The van der Waals surface area contributed by atoms with Crippen LogP contribution < -0.4 is 0 Å². The Hall–Kier alpha value is -0.650. The molecule has 0 bridgehead atoms. The van der Waals surface area contributed by atoms with E-state index >= 15 is 0 Å². The van der Waals surface area contributed by atoms with Crippen LogP contribution in [0.5, 0.6) is 0 Å². The fourth-order valence-corrected chi connectivity index (χ4v) is 4.52. The molecule has 1 saturated carbocycles. The summed E-state index contributed by atoms with van der Waals surface area (Å²) in [7, 11) is 0. The van der Waals surface area contributed by atoms with Crippen molar-refractivity contribution in [2.24, 2.45) is 11.3 Å². The Kier molecular flexibility index (Phi) is 4.61. The van der Waals surface area contributed by atoms with Crippen molar-refractivity contribution in [2.45, 2.75) is 44.6 Å². The maximum absolute atomic E-state index is 12.7. The number of piperidine rings is 1. The molecule has 4 aliphatic rings. The Labute approximate surface area is 139 Å². The highest BCUT2D eigenvalue weighted by atomic mass is 16.5. The minimum atomic E-state index is -0.181. The van der Waals surface area contributed by atoms with Gasteiger partial charge in [-0.2, -0.15) is 0 Å². The van der Waals surface area contributed by atoms with Crippen LogP contribution in [0.4, 0.5) is 0 Å². The summed E-state index contributed by atoms with van der Waals surface area (Å²) in [5.74, 6) is 1.14. The van der Waals surface area contributed by atoms with Gasteiger partial charge in [0.15, 0.2) is 0 Å². The van der Waals surface area contributed by atoms with Crippen LogP contribution in [0.1, 0.15) is 38.5 Å². The van der Waals surface area contributed by atoms with E-state index in [9.17, 15) is 4.79 Å². The van der Waals surface area contributed by atoms with E-state index < -0.39 is 0 Å². The largest absolute Gasteiger partial charge is 0.379 e. The van der Waals surface area contributed by atoms with Crippen molar-refractivity contribution in [3.63, 3.8) is 0 Å². The van der Waals surface area contributed by atoms with Crippen LogP contribution in [-0.4, -0.2) is 74.4 Å². The minimum absolute atomic E-state index is 0.137. The van der Waals surface area contributed by atoms with Crippen LogP contribution in [0.15, 0.2) is 0 Å². The van der Waals surface area contributed by atoms with E-state index in [0.717, 1.165) is 71.2 Å². The lowest BCUT2D eigenvalue weighted by atomic mass is 9.79. The summed E-state index contributed by atoms with van der Waals surface area (Å²) in [6.45, 7) is 7.52. The van der Waals surface area contributed by atoms with E-state index in [1.54, 1.807) is 0 Å². The topological polar surface area (TPSA) is 42.0 Å². The second kappa shape index (κ2) is 6.69. The van der Waals surface area contributed by atoms with Crippen molar-refractivity contribution >= 4 is 5.91 Å². The average Bonchev–Trinajstić information content (AvgIpc) is 3.24. The second-order valence-electron chi connectivity index (χ2n) is 8.10. The Morgan fingerprint density at radius 1 is 1.09 bits per heavy atom. The molecule has 130 valence electrons. The molecule has 0 N–H and O–H groups in total. The fraction of sp³-hybridized carbons (Fsp3) is 0.944. The molecule has 0 radical (unpaired) electrons. The van der Waals surface area contributed by atoms with Crippen LogP contribution in [0.3, 0.4) is 0 Å². The number of nitrogens with zero attached hydrogens (tertiary/aromatic N) is 2. The van der Waals surface area contributed by atoms with Gasteiger partial charge in [-0.1, -0.05) is 0 Å². The molecule has 1 amide bonds. The van der Waals surface area contributed by atoms with Gasteiger partial charge in [0.05, 0.1) is 13.2 Å². The van der Waals surface area contributed by atoms with E-state index in [1.807, 2.05) is 0 Å². The van der Waals surface area contributed by atoms with E-state index in [-0.39, 0.29) is 17.4 Å². The molecule has 0 unspecified atom stereocenters. The minimum Gasteiger partial charge on any atom is -0.379 e. The molecule has 3 heterocycles. The van der Waals surface area contributed by atoms with Gasteiger partial charge in [-0.3, -0.25) is 4.79 Å². The first-order valence-corrected chi connectivity index (χ1v) is 9.45. The maximum atomic E-state index is 12.7. The van der Waals surface area contributed by atoms with Crippen LogP contribution in [0.2, 0.25) is 0 Å². The van der Waals surface area contributed by atoms with Crippen molar-refractivity contribution in [1.82, 2.24) is 9.80 Å². The van der Waals surface area contributed by atoms with Gasteiger partial charge in [-0.05, 0) is 44.4 Å². The number of hydrogen-bond acceptors (Lipinski definition) is 4. The van der Waals surface area contributed by atoms with Gasteiger partial charge in [-0.15, -0.1) is 0 Å². The smallest absolute Gasteiger partial charge is 0.251 e. The molecule has 2 atom stereocenters. The van der Waals surface area contributed by atoms with Gasteiger partial charge in [0, 0.05) is 44.7 Å². The number of amides is 1. The van der Waals surface area contributed by atoms with Crippen molar-refractivity contribution < 1.29 is 14.3 Å². The number of rotatable bonds is 3. The molecule has 3 aliphatic heterocycles. The third kappa shape index (κ3) is 3.72. The van der Waals surface area contributed by atoms with Crippen LogP contribution in [0.25, 0.3) is 0 Å². The zero-order chi connectivity index (χ0) is 15.7. The highest BCUT2D eigenvalue weighted by Crippen LogP contribution is 2.36. The summed E-state index contributed by atoms with van der Waals surface area (Å²) in [5, 5.41) is 0. The molecule has 1 spiro atoms. The molecule has 5 nitrogen and oxygen atoms in total. The molecule has 4 rings (SSSR count). The molecule has 5 heteroatoms. The van der Waals surface area contributed by atoms with Gasteiger partial charge >= 0.3 is 0 Å². The number of carbonyl (C=O) groups excluding carboxylic acids is 1. The van der Waals surface area contributed by atoms with Gasteiger partial charge in [0.1, 0.15) is 6.10 Å². The Balaban J connectivity index is 1.41.